The van der Waals surface area contributed by atoms with Crippen LogP contribution in [0.1, 0.15) is 16.1 Å². The van der Waals surface area contributed by atoms with E-state index in [1.165, 1.54) is 6.08 Å². The third kappa shape index (κ3) is 5.18. The van der Waals surface area contributed by atoms with Crippen molar-refractivity contribution in [1.82, 2.24) is 4.90 Å². The average Bonchev–Trinajstić information content (AvgIpc) is 3.37. The number of nitrogens with one attached hydrogen (secondary N) is 1. The van der Waals surface area contributed by atoms with Crippen LogP contribution < -0.4 is 15.0 Å². The van der Waals surface area contributed by atoms with Gasteiger partial charge in [-0.05, 0) is 66.7 Å². The number of furan rings is 1. The fourth-order valence-electron chi connectivity index (χ4n) is 3.57. The lowest BCUT2D eigenvalue weighted by Crippen LogP contribution is -2.48. The van der Waals surface area contributed by atoms with E-state index in [1.54, 1.807) is 55.8 Å². The van der Waals surface area contributed by atoms with Gasteiger partial charge in [0.25, 0.3) is 5.91 Å². The smallest absolute Gasteiger partial charge is 0.253 e. The molecule has 0 unspecified atom stereocenters. The van der Waals surface area contributed by atoms with Crippen molar-refractivity contribution >= 4 is 29.3 Å². The minimum absolute atomic E-state index is 0.0352. The third-order valence-electron chi connectivity index (χ3n) is 5.35. The summed E-state index contributed by atoms with van der Waals surface area (Å²) >= 11 is 0. The molecular formula is C25H25N3O4. The van der Waals surface area contributed by atoms with Gasteiger partial charge in [0.05, 0.1) is 13.4 Å². The molecule has 1 aliphatic rings. The number of methoxy groups -OCH3 is 1. The van der Waals surface area contributed by atoms with Crippen LogP contribution in [-0.2, 0) is 4.79 Å². The highest BCUT2D eigenvalue weighted by molar-refractivity contribution is 6.01. The second kappa shape index (κ2) is 9.87. The lowest BCUT2D eigenvalue weighted by molar-refractivity contribution is -0.111. The fourth-order valence-corrected chi connectivity index (χ4v) is 3.57. The van der Waals surface area contributed by atoms with E-state index in [1.807, 2.05) is 29.2 Å². The zero-order valence-corrected chi connectivity index (χ0v) is 17.9. The largest absolute Gasteiger partial charge is 0.497 e. The minimum atomic E-state index is -0.222. The van der Waals surface area contributed by atoms with Crippen LogP contribution in [0.3, 0.4) is 0 Å². The lowest BCUT2D eigenvalue weighted by atomic mass is 10.1. The predicted molar refractivity (Wildman–Crippen MR) is 124 cm³/mol. The maximum Gasteiger partial charge on any atom is 0.253 e. The van der Waals surface area contributed by atoms with E-state index < -0.39 is 0 Å². The molecule has 7 heteroatoms. The molecular weight excluding hydrogens is 406 g/mol. The molecule has 2 heterocycles. The topological polar surface area (TPSA) is 75.0 Å². The van der Waals surface area contributed by atoms with Crippen LogP contribution >= 0.6 is 0 Å². The van der Waals surface area contributed by atoms with Crippen LogP contribution in [0.15, 0.2) is 77.4 Å². The van der Waals surface area contributed by atoms with Crippen LogP contribution in [0.2, 0.25) is 0 Å². The number of ether oxygens (including phenoxy) is 1. The van der Waals surface area contributed by atoms with E-state index in [0.29, 0.717) is 24.4 Å². The number of anilines is 2. The molecule has 32 heavy (non-hydrogen) atoms. The van der Waals surface area contributed by atoms with Crippen LogP contribution in [0, 0.1) is 0 Å². The molecule has 7 nitrogen and oxygen atoms in total. The molecule has 1 aromatic heterocycles. The molecule has 1 saturated heterocycles. The molecule has 3 aromatic rings. The number of hydrogen-bond donors (Lipinski definition) is 1. The number of carbonyl (C=O) groups excluding carboxylic acids is 2. The average molecular weight is 431 g/mol. The first-order chi connectivity index (χ1) is 15.6. The summed E-state index contributed by atoms with van der Waals surface area (Å²) in [6.45, 7) is 2.81. The van der Waals surface area contributed by atoms with Crippen LogP contribution in [0.4, 0.5) is 11.4 Å². The van der Waals surface area contributed by atoms with Crippen molar-refractivity contribution in [3.8, 4) is 5.75 Å². The molecule has 1 fully saturated rings. The van der Waals surface area contributed by atoms with E-state index in [-0.39, 0.29) is 11.8 Å². The van der Waals surface area contributed by atoms with E-state index in [4.69, 9.17) is 9.15 Å². The third-order valence-corrected chi connectivity index (χ3v) is 5.35. The summed E-state index contributed by atoms with van der Waals surface area (Å²) in [5.74, 6) is 1.17. The zero-order valence-electron chi connectivity index (χ0n) is 17.9. The first-order valence-electron chi connectivity index (χ1n) is 10.4. The monoisotopic (exact) mass is 431 g/mol. The van der Waals surface area contributed by atoms with Crippen molar-refractivity contribution in [2.75, 3.05) is 43.5 Å². The van der Waals surface area contributed by atoms with Gasteiger partial charge in [-0.2, -0.15) is 0 Å². The molecule has 164 valence electrons. The first kappa shape index (κ1) is 21.2. The quantitative estimate of drug-likeness (QED) is 0.599. The highest BCUT2D eigenvalue weighted by Gasteiger charge is 2.22. The minimum Gasteiger partial charge on any atom is -0.497 e. The maximum absolute atomic E-state index is 12.7. The molecule has 0 aliphatic carbocycles. The van der Waals surface area contributed by atoms with Crippen molar-refractivity contribution in [2.24, 2.45) is 0 Å². The summed E-state index contributed by atoms with van der Waals surface area (Å²) < 4.78 is 10.3. The Labute approximate surface area is 186 Å². The summed E-state index contributed by atoms with van der Waals surface area (Å²) in [7, 11) is 1.61. The lowest BCUT2D eigenvalue weighted by Gasteiger charge is -2.36. The summed E-state index contributed by atoms with van der Waals surface area (Å²) in [5.41, 5.74) is 2.45. The molecule has 4 rings (SSSR count). The fraction of sp³-hybridized carbons (Fsp3) is 0.200. The zero-order chi connectivity index (χ0) is 22.3. The number of rotatable bonds is 6. The Balaban J connectivity index is 1.29. The Morgan fingerprint density at radius 2 is 1.69 bits per heavy atom. The van der Waals surface area contributed by atoms with Gasteiger partial charge in [0.1, 0.15) is 11.5 Å². The van der Waals surface area contributed by atoms with Gasteiger partial charge < -0.3 is 24.3 Å². The standard InChI is InChI=1S/C25H25N3O4/c1-31-22-10-4-19(5-11-22)25(30)28-16-14-27(15-17-28)21-8-6-20(7-9-21)26-24(29)13-12-23-3-2-18-32-23/h2-13,18H,14-17H2,1H3,(H,26,29)/b13-12+. The Bertz CT molecular complexity index is 1070. The van der Waals surface area contributed by atoms with Gasteiger partial charge in [-0.3, -0.25) is 9.59 Å². The van der Waals surface area contributed by atoms with E-state index in [2.05, 4.69) is 10.2 Å². The molecule has 2 amide bonds. The summed E-state index contributed by atoms with van der Waals surface area (Å²) in [5, 5.41) is 2.84. The number of nitrogens with zero attached hydrogens (tertiary/aromatic N) is 2. The summed E-state index contributed by atoms with van der Waals surface area (Å²) in [6.07, 6.45) is 4.62. The molecule has 1 N–H and O–H groups in total. The van der Waals surface area contributed by atoms with E-state index in [9.17, 15) is 9.59 Å². The van der Waals surface area contributed by atoms with Gasteiger partial charge in [-0.1, -0.05) is 0 Å². The number of piperazine rings is 1. The van der Waals surface area contributed by atoms with Gasteiger partial charge >= 0.3 is 0 Å². The van der Waals surface area contributed by atoms with Crippen LogP contribution in [-0.4, -0.2) is 50.0 Å². The second-order valence-electron chi connectivity index (χ2n) is 7.39. The van der Waals surface area contributed by atoms with E-state index >= 15 is 0 Å². The van der Waals surface area contributed by atoms with Gasteiger partial charge in [0, 0.05) is 49.2 Å². The van der Waals surface area contributed by atoms with Crippen LogP contribution in [0.25, 0.3) is 6.08 Å². The number of hydrogen-bond acceptors (Lipinski definition) is 5. The second-order valence-corrected chi connectivity index (χ2v) is 7.39. The highest BCUT2D eigenvalue weighted by Crippen LogP contribution is 2.21. The van der Waals surface area contributed by atoms with Gasteiger partial charge in [0.2, 0.25) is 5.91 Å². The summed E-state index contributed by atoms with van der Waals surface area (Å²) in [4.78, 5) is 28.9. The normalized spacial score (nSPS) is 13.9. The highest BCUT2D eigenvalue weighted by atomic mass is 16.5. The number of benzene rings is 2. The van der Waals surface area contributed by atoms with Crippen molar-refractivity contribution in [1.29, 1.82) is 0 Å². The van der Waals surface area contributed by atoms with Crippen molar-refractivity contribution in [2.45, 2.75) is 0 Å². The molecule has 2 aromatic carbocycles. The molecule has 0 saturated carbocycles. The first-order valence-corrected chi connectivity index (χ1v) is 10.4. The molecule has 0 radical (unpaired) electrons. The van der Waals surface area contributed by atoms with E-state index in [0.717, 1.165) is 30.2 Å². The molecule has 0 spiro atoms. The Hall–Kier alpha value is -4.00. The number of amides is 2. The van der Waals surface area contributed by atoms with Crippen molar-refractivity contribution in [3.63, 3.8) is 0 Å². The Kier molecular flexibility index (Phi) is 6.55. The summed E-state index contributed by atoms with van der Waals surface area (Å²) in [6, 6.07) is 18.5. The SMILES string of the molecule is COc1ccc(C(=O)N2CCN(c3ccc(NC(=O)/C=C/c4ccco4)cc3)CC2)cc1. The van der Waals surface area contributed by atoms with Gasteiger partial charge in [0.15, 0.2) is 0 Å². The molecule has 0 atom stereocenters. The van der Waals surface area contributed by atoms with Gasteiger partial charge in [-0.15, -0.1) is 0 Å². The number of carbonyl (C=O) groups is 2. The van der Waals surface area contributed by atoms with Crippen molar-refractivity contribution < 1.29 is 18.7 Å². The van der Waals surface area contributed by atoms with Crippen LogP contribution in [0.5, 0.6) is 5.75 Å². The van der Waals surface area contributed by atoms with Gasteiger partial charge in [-0.25, -0.2) is 0 Å². The molecule has 0 bridgehead atoms. The predicted octanol–water partition coefficient (Wildman–Crippen LogP) is 3.90. The van der Waals surface area contributed by atoms with Crippen molar-refractivity contribution in [3.05, 3.63) is 84.3 Å². The Morgan fingerprint density at radius 3 is 2.31 bits per heavy atom. The maximum atomic E-state index is 12.7. The Morgan fingerprint density at radius 1 is 0.969 bits per heavy atom. The molecule has 1 aliphatic heterocycles.